The van der Waals surface area contributed by atoms with Crippen molar-refractivity contribution in [2.75, 3.05) is 7.11 Å². The molecule has 1 atom stereocenters. The molecule has 1 amide bonds. The molecule has 4 nitrogen and oxygen atoms in total. The standard InChI is InChI=1S/C18H19NO3/c1-13(18(21)22-2)19-17(20)16(14-9-5-3-6-10-14)15-11-7-4-8-12-15/h3-13,16H,1-2H3,(H,19,20)/t13-/m0/s1. The molecule has 0 fully saturated rings. The van der Waals surface area contributed by atoms with Gasteiger partial charge in [-0.1, -0.05) is 60.7 Å². The monoisotopic (exact) mass is 297 g/mol. The summed E-state index contributed by atoms with van der Waals surface area (Å²) in [5, 5.41) is 2.71. The quantitative estimate of drug-likeness (QED) is 0.863. The lowest BCUT2D eigenvalue weighted by Gasteiger charge is -2.20. The zero-order valence-corrected chi connectivity index (χ0v) is 12.7. The summed E-state index contributed by atoms with van der Waals surface area (Å²) in [6, 6.07) is 18.3. The molecule has 0 heterocycles. The summed E-state index contributed by atoms with van der Waals surface area (Å²) in [7, 11) is 1.30. The van der Waals surface area contributed by atoms with E-state index in [9.17, 15) is 9.59 Å². The minimum Gasteiger partial charge on any atom is -0.467 e. The summed E-state index contributed by atoms with van der Waals surface area (Å²) in [5.74, 6) is -1.15. The second-order valence-electron chi connectivity index (χ2n) is 5.01. The highest BCUT2D eigenvalue weighted by Crippen LogP contribution is 2.24. The number of carbonyl (C=O) groups is 2. The van der Waals surface area contributed by atoms with Crippen LogP contribution >= 0.6 is 0 Å². The number of hydrogen-bond acceptors (Lipinski definition) is 3. The van der Waals surface area contributed by atoms with Crippen molar-refractivity contribution in [3.05, 3.63) is 71.8 Å². The first-order valence-corrected chi connectivity index (χ1v) is 7.11. The molecule has 2 rings (SSSR count). The highest BCUT2D eigenvalue weighted by Gasteiger charge is 2.25. The van der Waals surface area contributed by atoms with Crippen LogP contribution in [0.5, 0.6) is 0 Å². The predicted molar refractivity (Wildman–Crippen MR) is 84.3 cm³/mol. The van der Waals surface area contributed by atoms with Crippen LogP contribution in [0.3, 0.4) is 0 Å². The Morgan fingerprint density at radius 1 is 0.909 bits per heavy atom. The molecule has 4 heteroatoms. The third-order valence-electron chi connectivity index (χ3n) is 3.44. The molecule has 0 saturated heterocycles. The maximum absolute atomic E-state index is 12.7. The van der Waals surface area contributed by atoms with Crippen molar-refractivity contribution < 1.29 is 14.3 Å². The van der Waals surface area contributed by atoms with Gasteiger partial charge in [-0.3, -0.25) is 4.79 Å². The van der Waals surface area contributed by atoms with E-state index in [-0.39, 0.29) is 5.91 Å². The number of benzene rings is 2. The molecule has 0 bridgehead atoms. The Morgan fingerprint density at radius 2 is 1.36 bits per heavy atom. The fraction of sp³-hybridized carbons (Fsp3) is 0.222. The molecule has 2 aromatic rings. The third-order valence-corrected chi connectivity index (χ3v) is 3.44. The number of amides is 1. The van der Waals surface area contributed by atoms with Gasteiger partial charge in [-0.15, -0.1) is 0 Å². The third kappa shape index (κ3) is 3.73. The molecule has 22 heavy (non-hydrogen) atoms. The molecule has 0 saturated carbocycles. The summed E-state index contributed by atoms with van der Waals surface area (Å²) < 4.78 is 4.65. The molecule has 1 N–H and O–H groups in total. The van der Waals surface area contributed by atoms with Gasteiger partial charge in [-0.05, 0) is 18.1 Å². The normalized spacial score (nSPS) is 11.8. The Kier molecular flexibility index (Phi) is 5.31. The van der Waals surface area contributed by atoms with E-state index in [1.165, 1.54) is 7.11 Å². The summed E-state index contributed by atoms with van der Waals surface area (Å²) in [5.41, 5.74) is 1.76. The van der Waals surface area contributed by atoms with Gasteiger partial charge < -0.3 is 10.1 Å². The number of esters is 1. The lowest BCUT2D eigenvalue weighted by atomic mass is 9.90. The van der Waals surface area contributed by atoms with Gasteiger partial charge in [0.15, 0.2) is 0 Å². The molecule has 0 radical (unpaired) electrons. The SMILES string of the molecule is COC(=O)[C@H](C)NC(=O)C(c1ccccc1)c1ccccc1. The molecular weight excluding hydrogens is 278 g/mol. The lowest BCUT2D eigenvalue weighted by molar-refractivity contribution is -0.144. The van der Waals surface area contributed by atoms with Crippen LogP contribution in [0.15, 0.2) is 60.7 Å². The zero-order chi connectivity index (χ0) is 15.9. The van der Waals surface area contributed by atoms with Gasteiger partial charge in [0, 0.05) is 0 Å². The van der Waals surface area contributed by atoms with E-state index in [1.807, 2.05) is 60.7 Å². The summed E-state index contributed by atoms with van der Waals surface area (Å²) in [6.07, 6.45) is 0. The predicted octanol–water partition coefficient (Wildman–Crippen LogP) is 2.50. The first-order chi connectivity index (χ1) is 10.6. The van der Waals surface area contributed by atoms with Gasteiger partial charge in [-0.25, -0.2) is 4.79 Å². The van der Waals surface area contributed by atoms with Gasteiger partial charge in [0.05, 0.1) is 13.0 Å². The minimum atomic E-state index is -0.688. The van der Waals surface area contributed by atoms with E-state index in [0.717, 1.165) is 11.1 Å². The van der Waals surface area contributed by atoms with E-state index in [0.29, 0.717) is 0 Å². The Morgan fingerprint density at radius 3 is 1.77 bits per heavy atom. The van der Waals surface area contributed by atoms with Crippen molar-refractivity contribution in [1.82, 2.24) is 5.32 Å². The molecule has 0 aliphatic rings. The van der Waals surface area contributed by atoms with Gasteiger partial charge >= 0.3 is 5.97 Å². The molecule has 114 valence electrons. The van der Waals surface area contributed by atoms with Crippen LogP contribution in [0.1, 0.15) is 24.0 Å². The van der Waals surface area contributed by atoms with Crippen molar-refractivity contribution in [1.29, 1.82) is 0 Å². The first-order valence-electron chi connectivity index (χ1n) is 7.11. The second kappa shape index (κ2) is 7.41. The lowest BCUT2D eigenvalue weighted by Crippen LogP contribution is -2.41. The van der Waals surface area contributed by atoms with Crippen molar-refractivity contribution in [2.45, 2.75) is 18.9 Å². The van der Waals surface area contributed by atoms with Crippen molar-refractivity contribution in [3.63, 3.8) is 0 Å². The number of rotatable bonds is 5. The molecule has 0 aliphatic heterocycles. The molecule has 0 unspecified atom stereocenters. The van der Waals surface area contributed by atoms with Crippen LogP contribution in [-0.4, -0.2) is 25.0 Å². The molecule has 0 aromatic heterocycles. The first kappa shape index (κ1) is 15.8. The van der Waals surface area contributed by atoms with Crippen LogP contribution in [0, 0.1) is 0 Å². The fourth-order valence-electron chi connectivity index (χ4n) is 2.32. The number of hydrogen-bond donors (Lipinski definition) is 1. The highest BCUT2D eigenvalue weighted by atomic mass is 16.5. The number of methoxy groups -OCH3 is 1. The van der Waals surface area contributed by atoms with Gasteiger partial charge in [0.1, 0.15) is 6.04 Å². The van der Waals surface area contributed by atoms with E-state index in [1.54, 1.807) is 6.92 Å². The topological polar surface area (TPSA) is 55.4 Å². The highest BCUT2D eigenvalue weighted by molar-refractivity contribution is 5.90. The average Bonchev–Trinajstić information content (AvgIpc) is 2.56. The van der Waals surface area contributed by atoms with Crippen LogP contribution in [0.4, 0.5) is 0 Å². The Balaban J connectivity index is 2.29. The molecule has 2 aromatic carbocycles. The second-order valence-corrected chi connectivity index (χ2v) is 5.01. The largest absolute Gasteiger partial charge is 0.467 e. The van der Waals surface area contributed by atoms with Crippen LogP contribution in [-0.2, 0) is 14.3 Å². The van der Waals surface area contributed by atoms with Crippen molar-refractivity contribution in [3.8, 4) is 0 Å². The smallest absolute Gasteiger partial charge is 0.328 e. The average molecular weight is 297 g/mol. The summed E-state index contributed by atoms with van der Waals surface area (Å²) >= 11 is 0. The molecule has 0 spiro atoms. The van der Waals surface area contributed by atoms with E-state index < -0.39 is 17.9 Å². The Bertz CT molecular complexity index is 586. The van der Waals surface area contributed by atoms with E-state index in [4.69, 9.17) is 0 Å². The maximum Gasteiger partial charge on any atom is 0.328 e. The van der Waals surface area contributed by atoms with E-state index in [2.05, 4.69) is 10.1 Å². The molecular formula is C18H19NO3. The van der Waals surface area contributed by atoms with Gasteiger partial charge in [-0.2, -0.15) is 0 Å². The minimum absolute atomic E-state index is 0.227. The Hall–Kier alpha value is -2.62. The van der Waals surface area contributed by atoms with Gasteiger partial charge in [0.2, 0.25) is 5.91 Å². The summed E-state index contributed by atoms with van der Waals surface area (Å²) in [4.78, 5) is 24.2. The number of carbonyl (C=O) groups excluding carboxylic acids is 2. The molecule has 0 aliphatic carbocycles. The van der Waals surface area contributed by atoms with Crippen LogP contribution < -0.4 is 5.32 Å². The van der Waals surface area contributed by atoms with Crippen LogP contribution in [0.2, 0.25) is 0 Å². The number of nitrogens with one attached hydrogen (secondary N) is 1. The van der Waals surface area contributed by atoms with Gasteiger partial charge in [0.25, 0.3) is 0 Å². The van der Waals surface area contributed by atoms with Crippen molar-refractivity contribution in [2.24, 2.45) is 0 Å². The van der Waals surface area contributed by atoms with E-state index >= 15 is 0 Å². The maximum atomic E-state index is 12.7. The van der Waals surface area contributed by atoms with Crippen LogP contribution in [0.25, 0.3) is 0 Å². The number of ether oxygens (including phenoxy) is 1. The van der Waals surface area contributed by atoms with Crippen molar-refractivity contribution >= 4 is 11.9 Å². The zero-order valence-electron chi connectivity index (χ0n) is 12.7. The summed E-state index contributed by atoms with van der Waals surface area (Å²) in [6.45, 7) is 1.61. The Labute approximate surface area is 130 Å². The fourth-order valence-corrected chi connectivity index (χ4v) is 2.32.